The third kappa shape index (κ3) is 3.35. The summed E-state index contributed by atoms with van der Waals surface area (Å²) in [6.45, 7) is 5.30. The second-order valence-corrected chi connectivity index (χ2v) is 5.94. The summed E-state index contributed by atoms with van der Waals surface area (Å²) in [6.07, 6.45) is 1.10. The number of rotatable bonds is 6. The minimum absolute atomic E-state index is 0.187. The molecule has 0 saturated heterocycles. The molecule has 2 rings (SSSR count). The molecule has 0 aliphatic rings. The predicted octanol–water partition coefficient (Wildman–Crippen LogP) is 4.81. The second-order valence-electron chi connectivity index (χ2n) is 4.79. The Kier molecular flexibility index (Phi) is 5.46. The van der Waals surface area contributed by atoms with E-state index in [-0.39, 0.29) is 6.04 Å². The third-order valence-electron chi connectivity index (χ3n) is 3.31. The Hall–Kier alpha value is -1.03. The van der Waals surface area contributed by atoms with E-state index in [0.29, 0.717) is 5.02 Å². The number of hydrogen-bond donors (Lipinski definition) is 1. The quantitative estimate of drug-likeness (QED) is 0.827. The third-order valence-corrected chi connectivity index (χ3v) is 4.51. The van der Waals surface area contributed by atoms with E-state index in [1.807, 2.05) is 12.1 Å². The molecule has 20 heavy (non-hydrogen) atoms. The molecule has 1 unspecified atom stereocenters. The smallest absolute Gasteiger partial charge is 0.137 e. The Balaban J connectivity index is 2.38. The van der Waals surface area contributed by atoms with Gasteiger partial charge in [-0.3, -0.25) is 0 Å². The van der Waals surface area contributed by atoms with Crippen LogP contribution in [0, 0.1) is 6.92 Å². The fraction of sp³-hybridized carbons (Fsp3) is 0.375. The van der Waals surface area contributed by atoms with Gasteiger partial charge < -0.3 is 10.1 Å². The Morgan fingerprint density at radius 1 is 1.35 bits per heavy atom. The van der Waals surface area contributed by atoms with Crippen LogP contribution in [-0.4, -0.2) is 13.7 Å². The zero-order chi connectivity index (χ0) is 14.5. The van der Waals surface area contributed by atoms with Crippen molar-refractivity contribution in [3.8, 4) is 5.75 Å². The van der Waals surface area contributed by atoms with Gasteiger partial charge in [0.2, 0.25) is 0 Å². The van der Waals surface area contributed by atoms with E-state index in [1.165, 1.54) is 16.7 Å². The molecule has 1 atom stereocenters. The van der Waals surface area contributed by atoms with Crippen LogP contribution < -0.4 is 10.1 Å². The second kappa shape index (κ2) is 7.11. The molecule has 4 heteroatoms. The van der Waals surface area contributed by atoms with E-state index < -0.39 is 0 Å². The minimum atomic E-state index is 0.187. The highest BCUT2D eigenvalue weighted by atomic mass is 35.5. The van der Waals surface area contributed by atoms with Crippen LogP contribution in [0.5, 0.6) is 5.75 Å². The van der Waals surface area contributed by atoms with Gasteiger partial charge in [-0.2, -0.15) is 11.3 Å². The van der Waals surface area contributed by atoms with Crippen LogP contribution in [0.15, 0.2) is 29.0 Å². The van der Waals surface area contributed by atoms with Gasteiger partial charge in [0.15, 0.2) is 0 Å². The number of hydrogen-bond acceptors (Lipinski definition) is 3. The molecule has 1 aromatic heterocycles. The summed E-state index contributed by atoms with van der Waals surface area (Å²) >= 11 is 7.86. The van der Waals surface area contributed by atoms with Gasteiger partial charge in [-0.1, -0.05) is 24.6 Å². The minimum Gasteiger partial charge on any atom is -0.495 e. The van der Waals surface area contributed by atoms with Crippen molar-refractivity contribution in [2.24, 2.45) is 0 Å². The van der Waals surface area contributed by atoms with Crippen LogP contribution in [0.1, 0.15) is 36.1 Å². The lowest BCUT2D eigenvalue weighted by Crippen LogP contribution is -2.23. The molecule has 0 bridgehead atoms. The first kappa shape index (κ1) is 15.4. The molecule has 1 heterocycles. The van der Waals surface area contributed by atoms with E-state index in [4.69, 9.17) is 16.3 Å². The zero-order valence-electron chi connectivity index (χ0n) is 12.1. The lowest BCUT2D eigenvalue weighted by Gasteiger charge is -2.20. The first-order chi connectivity index (χ1) is 9.67. The standard InChI is InChI=1S/C16H20ClNOS/c1-4-7-18-16(13-10-20-9-11(13)2)12-5-6-14(17)15(8-12)19-3/h5-6,8-10,16,18H,4,7H2,1-3H3. The Morgan fingerprint density at radius 2 is 2.15 bits per heavy atom. The van der Waals surface area contributed by atoms with Crippen molar-refractivity contribution in [1.82, 2.24) is 5.32 Å². The molecule has 108 valence electrons. The Labute approximate surface area is 129 Å². The highest BCUT2D eigenvalue weighted by Crippen LogP contribution is 2.32. The number of halogens is 1. The molecule has 0 fully saturated rings. The molecule has 1 N–H and O–H groups in total. The first-order valence-electron chi connectivity index (χ1n) is 6.76. The van der Waals surface area contributed by atoms with Crippen LogP contribution in [0.3, 0.4) is 0 Å². The van der Waals surface area contributed by atoms with Gasteiger partial charge in [0, 0.05) is 0 Å². The van der Waals surface area contributed by atoms with Crippen LogP contribution in [0.2, 0.25) is 5.02 Å². The molecule has 0 spiro atoms. The van der Waals surface area contributed by atoms with Crippen molar-refractivity contribution >= 4 is 22.9 Å². The number of ether oxygens (including phenoxy) is 1. The van der Waals surface area contributed by atoms with Crippen LogP contribution in [-0.2, 0) is 0 Å². The maximum Gasteiger partial charge on any atom is 0.137 e. The summed E-state index contributed by atoms with van der Waals surface area (Å²) in [6, 6.07) is 6.17. The van der Waals surface area contributed by atoms with Gasteiger partial charge in [-0.05, 0) is 59.5 Å². The lowest BCUT2D eigenvalue weighted by atomic mass is 9.98. The van der Waals surface area contributed by atoms with Crippen molar-refractivity contribution in [1.29, 1.82) is 0 Å². The molecular formula is C16H20ClNOS. The largest absolute Gasteiger partial charge is 0.495 e. The highest BCUT2D eigenvalue weighted by Gasteiger charge is 2.17. The number of benzene rings is 1. The van der Waals surface area contributed by atoms with Crippen molar-refractivity contribution in [2.45, 2.75) is 26.3 Å². The van der Waals surface area contributed by atoms with Crippen LogP contribution >= 0.6 is 22.9 Å². The zero-order valence-corrected chi connectivity index (χ0v) is 13.6. The van der Waals surface area contributed by atoms with Crippen molar-refractivity contribution < 1.29 is 4.74 Å². The van der Waals surface area contributed by atoms with E-state index in [1.54, 1.807) is 18.4 Å². The van der Waals surface area contributed by atoms with Gasteiger partial charge >= 0.3 is 0 Å². The van der Waals surface area contributed by atoms with Gasteiger partial charge in [0.25, 0.3) is 0 Å². The number of methoxy groups -OCH3 is 1. The molecule has 0 aliphatic carbocycles. The molecule has 1 aromatic carbocycles. The summed E-state index contributed by atoms with van der Waals surface area (Å²) in [5, 5.41) is 8.65. The number of aryl methyl sites for hydroxylation is 1. The average molecular weight is 310 g/mol. The normalized spacial score (nSPS) is 12.4. The Bertz CT molecular complexity index is 567. The molecule has 2 nitrogen and oxygen atoms in total. The fourth-order valence-corrected chi connectivity index (χ4v) is 3.29. The van der Waals surface area contributed by atoms with Crippen molar-refractivity contribution in [2.75, 3.05) is 13.7 Å². The van der Waals surface area contributed by atoms with Gasteiger partial charge in [0.05, 0.1) is 18.2 Å². The monoisotopic (exact) mass is 309 g/mol. The summed E-state index contributed by atoms with van der Waals surface area (Å²) in [5.74, 6) is 0.723. The van der Waals surface area contributed by atoms with E-state index in [0.717, 1.165) is 18.7 Å². The summed E-state index contributed by atoms with van der Waals surface area (Å²) in [4.78, 5) is 0. The Morgan fingerprint density at radius 3 is 2.75 bits per heavy atom. The van der Waals surface area contributed by atoms with Gasteiger partial charge in [-0.15, -0.1) is 0 Å². The number of thiophene rings is 1. The van der Waals surface area contributed by atoms with Crippen LogP contribution in [0.4, 0.5) is 0 Å². The van der Waals surface area contributed by atoms with Crippen molar-refractivity contribution in [3.05, 3.63) is 50.7 Å². The summed E-state index contributed by atoms with van der Waals surface area (Å²) in [7, 11) is 1.65. The van der Waals surface area contributed by atoms with Crippen LogP contribution in [0.25, 0.3) is 0 Å². The van der Waals surface area contributed by atoms with E-state index in [2.05, 4.69) is 36.0 Å². The molecular weight excluding hydrogens is 290 g/mol. The first-order valence-corrected chi connectivity index (χ1v) is 8.09. The summed E-state index contributed by atoms with van der Waals surface area (Å²) < 4.78 is 5.33. The fourth-order valence-electron chi connectivity index (χ4n) is 2.22. The van der Waals surface area contributed by atoms with Gasteiger partial charge in [-0.25, -0.2) is 0 Å². The lowest BCUT2D eigenvalue weighted by molar-refractivity contribution is 0.414. The maximum absolute atomic E-state index is 6.12. The summed E-state index contributed by atoms with van der Waals surface area (Å²) in [5.41, 5.74) is 3.83. The topological polar surface area (TPSA) is 21.3 Å². The molecule has 2 aromatic rings. The maximum atomic E-state index is 6.12. The molecule has 0 radical (unpaired) electrons. The highest BCUT2D eigenvalue weighted by molar-refractivity contribution is 7.08. The molecule has 0 saturated carbocycles. The molecule has 0 aliphatic heterocycles. The van der Waals surface area contributed by atoms with E-state index in [9.17, 15) is 0 Å². The van der Waals surface area contributed by atoms with Gasteiger partial charge in [0.1, 0.15) is 5.75 Å². The van der Waals surface area contributed by atoms with Crippen molar-refractivity contribution in [3.63, 3.8) is 0 Å². The average Bonchev–Trinajstić information content (AvgIpc) is 2.87. The number of nitrogens with one attached hydrogen (secondary N) is 1. The predicted molar refractivity (Wildman–Crippen MR) is 87.2 cm³/mol. The molecule has 0 amide bonds. The SMILES string of the molecule is CCCNC(c1ccc(Cl)c(OC)c1)c1cscc1C. The van der Waals surface area contributed by atoms with E-state index >= 15 is 0 Å².